The lowest BCUT2D eigenvalue weighted by Gasteiger charge is -1.95. The number of carbonyl (C=O) groups excluding carboxylic acids is 1. The van der Waals surface area contributed by atoms with Gasteiger partial charge in [-0.2, -0.15) is 0 Å². The number of thiazole rings is 1. The third kappa shape index (κ3) is 3.22. The first-order valence-corrected chi connectivity index (χ1v) is 6.11. The van der Waals surface area contributed by atoms with E-state index in [0.717, 1.165) is 4.43 Å². The molecule has 0 aromatic carbocycles. The molecule has 7 heteroatoms. The minimum atomic E-state index is 0.169. The first kappa shape index (κ1) is 11.4. The fourth-order valence-electron chi connectivity index (χ4n) is 0.684. The van der Waals surface area contributed by atoms with E-state index in [1.807, 2.05) is 0 Å². The van der Waals surface area contributed by atoms with Crippen molar-refractivity contribution < 1.29 is 9.63 Å². The van der Waals surface area contributed by atoms with Gasteiger partial charge in [0.15, 0.2) is 17.1 Å². The fourth-order valence-corrected chi connectivity index (χ4v) is 1.44. The van der Waals surface area contributed by atoms with Gasteiger partial charge in [0, 0.05) is 9.81 Å². The zero-order chi connectivity index (χ0) is 10.4. The number of alkyl halides is 1. The molecule has 0 aliphatic heterocycles. The molecular formula is C7H8IN3O2S. The van der Waals surface area contributed by atoms with Crippen molar-refractivity contribution >= 4 is 51.1 Å². The van der Waals surface area contributed by atoms with Gasteiger partial charge in [-0.05, 0) is 0 Å². The summed E-state index contributed by atoms with van der Waals surface area (Å²) < 4.78 is 0.812. The molecule has 0 aliphatic rings. The minimum absolute atomic E-state index is 0.169. The number of oxime groups is 1. The van der Waals surface area contributed by atoms with Gasteiger partial charge in [-0.1, -0.05) is 27.7 Å². The summed E-state index contributed by atoms with van der Waals surface area (Å²) in [5, 5.41) is 5.72. The quantitative estimate of drug-likeness (QED) is 0.219. The second-order valence-electron chi connectivity index (χ2n) is 2.19. The van der Waals surface area contributed by atoms with Crippen molar-refractivity contribution in [3.05, 3.63) is 11.1 Å². The summed E-state index contributed by atoms with van der Waals surface area (Å²) in [6.07, 6.45) is 0.599. The minimum Gasteiger partial charge on any atom is -0.394 e. The molecule has 14 heavy (non-hydrogen) atoms. The highest BCUT2D eigenvalue weighted by Crippen LogP contribution is 2.11. The topological polar surface area (TPSA) is 77.6 Å². The van der Waals surface area contributed by atoms with Crippen LogP contribution in [0.1, 0.15) is 5.69 Å². The van der Waals surface area contributed by atoms with Gasteiger partial charge in [-0.3, -0.25) is 4.79 Å². The van der Waals surface area contributed by atoms with Gasteiger partial charge in [0.2, 0.25) is 0 Å². The number of nitrogens with two attached hydrogens (primary N) is 1. The van der Waals surface area contributed by atoms with Crippen molar-refractivity contribution in [1.29, 1.82) is 0 Å². The Hall–Kier alpha value is -0.700. The molecule has 1 aromatic heterocycles. The number of nitrogens with zero attached hydrogens (tertiary/aromatic N) is 2. The molecule has 76 valence electrons. The lowest BCUT2D eigenvalue weighted by molar-refractivity contribution is -0.102. The van der Waals surface area contributed by atoms with Crippen LogP contribution in [0.25, 0.3) is 0 Å². The number of rotatable bonds is 5. The third-order valence-electron chi connectivity index (χ3n) is 1.23. The van der Waals surface area contributed by atoms with Gasteiger partial charge in [0.05, 0.1) is 0 Å². The Balaban J connectivity index is 2.71. The van der Waals surface area contributed by atoms with E-state index in [4.69, 9.17) is 10.6 Å². The first-order valence-electron chi connectivity index (χ1n) is 3.70. The summed E-state index contributed by atoms with van der Waals surface area (Å²) in [6.45, 7) is 0.470. The summed E-state index contributed by atoms with van der Waals surface area (Å²) in [6, 6.07) is 0. The maximum atomic E-state index is 10.6. The summed E-state index contributed by atoms with van der Waals surface area (Å²) >= 11 is 3.41. The molecule has 0 saturated heterocycles. The van der Waals surface area contributed by atoms with Gasteiger partial charge in [-0.25, -0.2) is 4.98 Å². The molecule has 2 N–H and O–H groups in total. The number of anilines is 1. The van der Waals surface area contributed by atoms with Crippen LogP contribution in [-0.2, 0) is 9.63 Å². The van der Waals surface area contributed by atoms with Crippen molar-refractivity contribution in [3.63, 3.8) is 0 Å². The molecule has 0 fully saturated rings. The highest BCUT2D eigenvalue weighted by molar-refractivity contribution is 14.1. The lowest BCUT2D eigenvalue weighted by atomic mass is 10.3. The van der Waals surface area contributed by atoms with Crippen LogP contribution in [0, 0.1) is 0 Å². The van der Waals surface area contributed by atoms with Crippen LogP contribution in [0.4, 0.5) is 5.13 Å². The van der Waals surface area contributed by atoms with Crippen LogP contribution in [-0.4, -0.2) is 28.0 Å². The van der Waals surface area contributed by atoms with Crippen LogP contribution < -0.4 is 5.73 Å². The Morgan fingerprint density at radius 2 is 2.64 bits per heavy atom. The van der Waals surface area contributed by atoms with Gasteiger partial charge in [-0.15, -0.1) is 11.3 Å². The van der Waals surface area contributed by atoms with E-state index in [1.54, 1.807) is 5.38 Å². The Labute approximate surface area is 98.5 Å². The van der Waals surface area contributed by atoms with Gasteiger partial charge < -0.3 is 10.6 Å². The van der Waals surface area contributed by atoms with E-state index in [-0.39, 0.29) is 5.71 Å². The van der Waals surface area contributed by atoms with E-state index < -0.39 is 0 Å². The number of hydrogen-bond acceptors (Lipinski definition) is 6. The number of hydrogen-bond donors (Lipinski definition) is 1. The smallest absolute Gasteiger partial charge is 0.180 e. The van der Waals surface area contributed by atoms with Crippen LogP contribution in [0.15, 0.2) is 10.5 Å². The molecule has 0 bridgehead atoms. The van der Waals surface area contributed by atoms with E-state index in [2.05, 4.69) is 32.7 Å². The van der Waals surface area contributed by atoms with E-state index in [9.17, 15) is 4.79 Å². The molecule has 1 heterocycles. The Kier molecular flexibility index (Phi) is 4.80. The second-order valence-corrected chi connectivity index (χ2v) is 4.16. The summed E-state index contributed by atoms with van der Waals surface area (Å²) in [4.78, 5) is 19.4. The molecule has 0 atom stereocenters. The van der Waals surface area contributed by atoms with Crippen molar-refractivity contribution in [2.45, 2.75) is 0 Å². The monoisotopic (exact) mass is 325 g/mol. The van der Waals surface area contributed by atoms with Crippen LogP contribution in [0.2, 0.25) is 0 Å². The maximum Gasteiger partial charge on any atom is 0.180 e. The van der Waals surface area contributed by atoms with E-state index in [0.29, 0.717) is 23.7 Å². The average Bonchev–Trinajstić information content (AvgIpc) is 2.60. The van der Waals surface area contributed by atoms with E-state index >= 15 is 0 Å². The van der Waals surface area contributed by atoms with Crippen molar-refractivity contribution in [2.75, 3.05) is 16.8 Å². The standard InChI is InChI=1S/C7H8IN3O2S/c8-1-2-13-11-5(3-12)6-4-14-7(9)10-6/h3-4H,1-2H2,(H2,9,10)/b11-5+. The van der Waals surface area contributed by atoms with Gasteiger partial charge >= 0.3 is 0 Å². The summed E-state index contributed by atoms with van der Waals surface area (Å²) in [5.74, 6) is 0. The van der Waals surface area contributed by atoms with Crippen molar-refractivity contribution in [2.24, 2.45) is 5.16 Å². The number of halogens is 1. The van der Waals surface area contributed by atoms with Crippen molar-refractivity contribution in [3.8, 4) is 0 Å². The van der Waals surface area contributed by atoms with Gasteiger partial charge in [0.1, 0.15) is 12.3 Å². The van der Waals surface area contributed by atoms with Crippen LogP contribution >= 0.6 is 33.9 Å². The molecule has 1 aromatic rings. The molecular weight excluding hydrogens is 317 g/mol. The number of carbonyl (C=O) groups is 1. The zero-order valence-electron chi connectivity index (χ0n) is 7.14. The lowest BCUT2D eigenvalue weighted by Crippen LogP contribution is -2.05. The first-order chi connectivity index (χ1) is 6.77. The normalized spacial score (nSPS) is 11.4. The largest absolute Gasteiger partial charge is 0.394 e. The number of nitrogen functional groups attached to an aromatic ring is 1. The molecule has 0 unspecified atom stereocenters. The SMILES string of the molecule is Nc1nc(/C(C=O)=N/OCCI)cs1. The predicted octanol–water partition coefficient (Wildman–Crippen LogP) is 1.08. The predicted molar refractivity (Wildman–Crippen MR) is 64.0 cm³/mol. The Bertz CT molecular complexity index is 339. The second kappa shape index (κ2) is 5.91. The highest BCUT2D eigenvalue weighted by atomic mass is 127. The summed E-state index contributed by atoms with van der Waals surface area (Å²) in [7, 11) is 0. The maximum absolute atomic E-state index is 10.6. The number of aromatic nitrogens is 1. The molecule has 0 aliphatic carbocycles. The van der Waals surface area contributed by atoms with Crippen LogP contribution in [0.3, 0.4) is 0 Å². The Morgan fingerprint density at radius 1 is 1.86 bits per heavy atom. The molecule has 1 rings (SSSR count). The zero-order valence-corrected chi connectivity index (χ0v) is 10.1. The Morgan fingerprint density at radius 3 is 3.14 bits per heavy atom. The summed E-state index contributed by atoms with van der Waals surface area (Å²) in [5.41, 5.74) is 6.04. The van der Waals surface area contributed by atoms with Crippen molar-refractivity contribution in [1.82, 2.24) is 4.98 Å². The van der Waals surface area contributed by atoms with E-state index in [1.165, 1.54) is 11.3 Å². The number of aldehydes is 1. The molecule has 0 amide bonds. The molecule has 0 spiro atoms. The molecule has 5 nitrogen and oxygen atoms in total. The molecule has 0 saturated carbocycles. The highest BCUT2D eigenvalue weighted by Gasteiger charge is 2.06. The van der Waals surface area contributed by atoms with Gasteiger partial charge in [0.25, 0.3) is 0 Å². The molecule has 0 radical (unpaired) electrons. The average molecular weight is 325 g/mol. The van der Waals surface area contributed by atoms with Crippen LogP contribution in [0.5, 0.6) is 0 Å². The fraction of sp³-hybridized carbons (Fsp3) is 0.286. The third-order valence-corrected chi connectivity index (χ3v) is 2.34.